The van der Waals surface area contributed by atoms with E-state index in [1.165, 1.54) is 36.8 Å². The van der Waals surface area contributed by atoms with Crippen molar-refractivity contribution in [2.24, 2.45) is 5.92 Å². The van der Waals surface area contributed by atoms with E-state index < -0.39 is 0 Å². The number of aryl methyl sites for hydroxylation is 1. The summed E-state index contributed by atoms with van der Waals surface area (Å²) in [7, 11) is 0. The SMILES string of the molecule is CC(C)CC(CCCc1ccccc1)c1ccncc1. The molecule has 1 nitrogen and oxygen atoms in total. The van der Waals surface area contributed by atoms with Crippen LogP contribution in [-0.2, 0) is 6.42 Å². The third-order valence-electron chi connectivity index (χ3n) is 3.79. The van der Waals surface area contributed by atoms with Crippen molar-refractivity contribution >= 4 is 0 Å². The summed E-state index contributed by atoms with van der Waals surface area (Å²) in [5.74, 6) is 1.41. The highest BCUT2D eigenvalue weighted by Crippen LogP contribution is 2.28. The van der Waals surface area contributed by atoms with Gasteiger partial charge in [0.15, 0.2) is 0 Å². The molecule has 0 bridgehead atoms. The second kappa shape index (κ2) is 7.84. The summed E-state index contributed by atoms with van der Waals surface area (Å²) in [6, 6.07) is 15.1. The van der Waals surface area contributed by atoms with Crippen molar-refractivity contribution in [3.05, 3.63) is 66.0 Å². The quantitative estimate of drug-likeness (QED) is 0.669. The zero-order valence-electron chi connectivity index (χ0n) is 12.6. The number of hydrogen-bond donors (Lipinski definition) is 0. The molecular weight excluding hydrogens is 242 g/mol. The monoisotopic (exact) mass is 267 g/mol. The molecule has 1 atom stereocenters. The highest BCUT2D eigenvalue weighted by Gasteiger charge is 2.13. The normalized spacial score (nSPS) is 12.6. The Labute approximate surface area is 123 Å². The van der Waals surface area contributed by atoms with E-state index in [0.717, 1.165) is 5.92 Å². The minimum Gasteiger partial charge on any atom is -0.265 e. The molecule has 1 unspecified atom stereocenters. The van der Waals surface area contributed by atoms with Crippen LogP contribution >= 0.6 is 0 Å². The van der Waals surface area contributed by atoms with Crippen LogP contribution in [0.1, 0.15) is 50.2 Å². The van der Waals surface area contributed by atoms with Crippen molar-refractivity contribution in [3.63, 3.8) is 0 Å². The maximum Gasteiger partial charge on any atom is 0.0270 e. The molecule has 1 heteroatoms. The minimum absolute atomic E-state index is 0.668. The molecule has 0 N–H and O–H groups in total. The Balaban J connectivity index is 1.91. The van der Waals surface area contributed by atoms with E-state index in [1.54, 1.807) is 0 Å². The average molecular weight is 267 g/mol. The molecule has 20 heavy (non-hydrogen) atoms. The molecule has 0 aliphatic carbocycles. The standard InChI is InChI=1S/C19H25N/c1-16(2)15-19(18-11-13-20-14-12-18)10-6-9-17-7-4-3-5-8-17/h3-5,7-8,11-14,16,19H,6,9-10,15H2,1-2H3. The summed E-state index contributed by atoms with van der Waals surface area (Å²) < 4.78 is 0. The molecule has 0 saturated carbocycles. The first-order chi connectivity index (χ1) is 9.75. The van der Waals surface area contributed by atoms with Gasteiger partial charge in [-0.25, -0.2) is 0 Å². The van der Waals surface area contributed by atoms with Crippen LogP contribution in [0.4, 0.5) is 0 Å². The largest absolute Gasteiger partial charge is 0.265 e. The van der Waals surface area contributed by atoms with Gasteiger partial charge in [-0.3, -0.25) is 4.98 Å². The van der Waals surface area contributed by atoms with Crippen molar-refractivity contribution in [1.29, 1.82) is 0 Å². The van der Waals surface area contributed by atoms with Crippen molar-refractivity contribution < 1.29 is 0 Å². The Hall–Kier alpha value is -1.63. The van der Waals surface area contributed by atoms with Crippen LogP contribution in [0.15, 0.2) is 54.9 Å². The summed E-state index contributed by atoms with van der Waals surface area (Å²) in [5, 5.41) is 0. The topological polar surface area (TPSA) is 12.9 Å². The molecule has 0 radical (unpaired) electrons. The Kier molecular flexibility index (Phi) is 5.79. The lowest BCUT2D eigenvalue weighted by Gasteiger charge is -2.19. The van der Waals surface area contributed by atoms with E-state index in [-0.39, 0.29) is 0 Å². The van der Waals surface area contributed by atoms with Gasteiger partial charge >= 0.3 is 0 Å². The second-order valence-electron chi connectivity index (χ2n) is 5.98. The molecule has 2 aromatic rings. The van der Waals surface area contributed by atoms with Crippen LogP contribution in [0, 0.1) is 5.92 Å². The molecule has 1 heterocycles. The van der Waals surface area contributed by atoms with Crippen LogP contribution in [0.5, 0.6) is 0 Å². The maximum atomic E-state index is 4.13. The lowest BCUT2D eigenvalue weighted by molar-refractivity contribution is 0.465. The molecule has 106 valence electrons. The van der Waals surface area contributed by atoms with Gasteiger partial charge in [0.25, 0.3) is 0 Å². The van der Waals surface area contributed by atoms with Crippen LogP contribution in [0.3, 0.4) is 0 Å². The number of hydrogen-bond acceptors (Lipinski definition) is 1. The molecule has 0 saturated heterocycles. The Bertz CT molecular complexity index is 476. The van der Waals surface area contributed by atoms with Gasteiger partial charge < -0.3 is 0 Å². The van der Waals surface area contributed by atoms with Gasteiger partial charge in [-0.1, -0.05) is 44.2 Å². The number of aromatic nitrogens is 1. The van der Waals surface area contributed by atoms with Gasteiger partial charge in [0.05, 0.1) is 0 Å². The zero-order valence-corrected chi connectivity index (χ0v) is 12.6. The highest BCUT2D eigenvalue weighted by molar-refractivity contribution is 5.17. The van der Waals surface area contributed by atoms with E-state index in [9.17, 15) is 0 Å². The van der Waals surface area contributed by atoms with Crippen molar-refractivity contribution in [3.8, 4) is 0 Å². The highest BCUT2D eigenvalue weighted by atomic mass is 14.6. The molecular formula is C19H25N. The molecule has 0 fully saturated rings. The van der Waals surface area contributed by atoms with Gasteiger partial charge in [0.1, 0.15) is 0 Å². The molecule has 0 spiro atoms. The van der Waals surface area contributed by atoms with Gasteiger partial charge in [-0.15, -0.1) is 0 Å². The maximum absolute atomic E-state index is 4.13. The third kappa shape index (κ3) is 4.80. The molecule has 2 rings (SSSR count). The fourth-order valence-electron chi connectivity index (χ4n) is 2.82. The van der Waals surface area contributed by atoms with Crippen LogP contribution in [-0.4, -0.2) is 4.98 Å². The summed E-state index contributed by atoms with van der Waals surface area (Å²) in [6.45, 7) is 4.62. The van der Waals surface area contributed by atoms with Crippen molar-refractivity contribution in [2.45, 2.75) is 45.4 Å². The lowest BCUT2D eigenvalue weighted by Crippen LogP contribution is -2.04. The third-order valence-corrected chi connectivity index (χ3v) is 3.79. The molecule has 0 amide bonds. The van der Waals surface area contributed by atoms with Crippen LogP contribution in [0.25, 0.3) is 0 Å². The zero-order chi connectivity index (χ0) is 14.2. The van der Waals surface area contributed by atoms with E-state index in [2.05, 4.69) is 61.3 Å². The smallest absolute Gasteiger partial charge is 0.0270 e. The fraction of sp³-hybridized carbons (Fsp3) is 0.421. The summed E-state index contributed by atoms with van der Waals surface area (Å²) in [6.07, 6.45) is 8.79. The minimum atomic E-state index is 0.668. The van der Waals surface area contributed by atoms with Gasteiger partial charge in [0.2, 0.25) is 0 Å². The second-order valence-corrected chi connectivity index (χ2v) is 5.98. The summed E-state index contributed by atoms with van der Waals surface area (Å²) in [5.41, 5.74) is 2.90. The van der Waals surface area contributed by atoms with E-state index in [1.807, 2.05) is 12.4 Å². The Morgan fingerprint density at radius 2 is 1.65 bits per heavy atom. The predicted octanol–water partition coefficient (Wildman–Crippen LogP) is 5.23. The lowest BCUT2D eigenvalue weighted by atomic mass is 9.86. The summed E-state index contributed by atoms with van der Waals surface area (Å²) in [4.78, 5) is 4.13. The van der Waals surface area contributed by atoms with E-state index >= 15 is 0 Å². The number of nitrogens with zero attached hydrogens (tertiary/aromatic N) is 1. The first-order valence-electron chi connectivity index (χ1n) is 7.69. The average Bonchev–Trinajstić information content (AvgIpc) is 2.48. The molecule has 0 aliphatic rings. The summed E-state index contributed by atoms with van der Waals surface area (Å²) >= 11 is 0. The Morgan fingerprint density at radius 1 is 0.950 bits per heavy atom. The van der Waals surface area contributed by atoms with Crippen LogP contribution in [0.2, 0.25) is 0 Å². The molecule has 1 aromatic carbocycles. The first-order valence-corrected chi connectivity index (χ1v) is 7.69. The van der Waals surface area contributed by atoms with Gasteiger partial charge in [0, 0.05) is 12.4 Å². The number of pyridine rings is 1. The van der Waals surface area contributed by atoms with Crippen molar-refractivity contribution in [1.82, 2.24) is 4.98 Å². The van der Waals surface area contributed by atoms with Crippen LogP contribution < -0.4 is 0 Å². The number of rotatable bonds is 7. The van der Waals surface area contributed by atoms with Gasteiger partial charge in [-0.05, 0) is 60.8 Å². The fourth-order valence-corrected chi connectivity index (χ4v) is 2.82. The molecule has 1 aromatic heterocycles. The van der Waals surface area contributed by atoms with E-state index in [4.69, 9.17) is 0 Å². The van der Waals surface area contributed by atoms with Crippen molar-refractivity contribution in [2.75, 3.05) is 0 Å². The van der Waals surface area contributed by atoms with E-state index in [0.29, 0.717) is 5.92 Å². The molecule has 0 aliphatic heterocycles. The Morgan fingerprint density at radius 3 is 2.30 bits per heavy atom. The van der Waals surface area contributed by atoms with Gasteiger partial charge in [-0.2, -0.15) is 0 Å². The first kappa shape index (κ1) is 14.8. The number of benzene rings is 1. The predicted molar refractivity (Wildman–Crippen MR) is 85.8 cm³/mol.